The van der Waals surface area contributed by atoms with E-state index in [4.69, 9.17) is 17.3 Å². The van der Waals surface area contributed by atoms with Gasteiger partial charge in [0.1, 0.15) is 11.0 Å². The zero-order chi connectivity index (χ0) is 9.84. The van der Waals surface area contributed by atoms with Crippen LogP contribution in [0.5, 0.6) is 0 Å². The highest BCUT2D eigenvalue weighted by molar-refractivity contribution is 6.29. The zero-order valence-corrected chi connectivity index (χ0v) is 7.93. The van der Waals surface area contributed by atoms with Crippen molar-refractivity contribution in [2.75, 3.05) is 11.9 Å². The Balaban J connectivity index is 3.03. The van der Waals surface area contributed by atoms with Crippen molar-refractivity contribution in [3.63, 3.8) is 0 Å². The molecule has 0 saturated heterocycles. The SMILES string of the molecule is CCNc1cc(C(N)=O)cc(Cl)n1. The number of nitrogens with zero attached hydrogens (tertiary/aromatic N) is 1. The number of halogens is 1. The van der Waals surface area contributed by atoms with E-state index in [1.165, 1.54) is 6.07 Å². The Kier molecular flexibility index (Phi) is 3.08. The van der Waals surface area contributed by atoms with Gasteiger partial charge in [-0.05, 0) is 19.1 Å². The molecular formula is C8H10ClN3O. The number of primary amides is 1. The molecule has 1 amide bonds. The number of carbonyl (C=O) groups excluding carboxylic acids is 1. The fraction of sp³-hybridized carbons (Fsp3) is 0.250. The average Bonchev–Trinajstić information content (AvgIpc) is 2.03. The lowest BCUT2D eigenvalue weighted by atomic mass is 10.2. The minimum absolute atomic E-state index is 0.257. The van der Waals surface area contributed by atoms with Crippen molar-refractivity contribution in [2.24, 2.45) is 5.73 Å². The maximum atomic E-state index is 10.8. The van der Waals surface area contributed by atoms with Crippen LogP contribution in [0.1, 0.15) is 17.3 Å². The van der Waals surface area contributed by atoms with E-state index in [9.17, 15) is 4.79 Å². The molecule has 13 heavy (non-hydrogen) atoms. The summed E-state index contributed by atoms with van der Waals surface area (Å²) in [5, 5.41) is 3.20. The van der Waals surface area contributed by atoms with Gasteiger partial charge < -0.3 is 11.1 Å². The molecule has 0 atom stereocenters. The average molecular weight is 200 g/mol. The van der Waals surface area contributed by atoms with Crippen molar-refractivity contribution >= 4 is 23.3 Å². The second kappa shape index (κ2) is 4.09. The molecule has 5 heteroatoms. The number of pyridine rings is 1. The van der Waals surface area contributed by atoms with Crippen LogP contribution in [-0.4, -0.2) is 17.4 Å². The second-order valence-corrected chi connectivity index (χ2v) is 2.85. The predicted octanol–water partition coefficient (Wildman–Crippen LogP) is 1.27. The van der Waals surface area contributed by atoms with Gasteiger partial charge in [-0.15, -0.1) is 0 Å². The maximum absolute atomic E-state index is 10.8. The Morgan fingerprint density at radius 2 is 2.38 bits per heavy atom. The van der Waals surface area contributed by atoms with E-state index in [0.29, 0.717) is 17.9 Å². The van der Waals surface area contributed by atoms with Crippen LogP contribution in [0.15, 0.2) is 12.1 Å². The Morgan fingerprint density at radius 1 is 1.69 bits per heavy atom. The Labute approximate surface area is 81.1 Å². The Bertz CT molecular complexity index is 327. The number of aromatic nitrogens is 1. The third kappa shape index (κ3) is 2.59. The summed E-state index contributed by atoms with van der Waals surface area (Å²) < 4.78 is 0. The monoisotopic (exact) mass is 199 g/mol. The van der Waals surface area contributed by atoms with Gasteiger partial charge in [0.25, 0.3) is 0 Å². The fourth-order valence-corrected chi connectivity index (χ4v) is 1.12. The van der Waals surface area contributed by atoms with Gasteiger partial charge in [-0.2, -0.15) is 0 Å². The molecule has 0 spiro atoms. The van der Waals surface area contributed by atoms with Crippen LogP contribution in [0.25, 0.3) is 0 Å². The van der Waals surface area contributed by atoms with Gasteiger partial charge >= 0.3 is 0 Å². The Morgan fingerprint density at radius 3 is 2.92 bits per heavy atom. The summed E-state index contributed by atoms with van der Waals surface area (Å²) in [6.45, 7) is 2.64. The molecule has 3 N–H and O–H groups in total. The number of hydrogen-bond donors (Lipinski definition) is 2. The van der Waals surface area contributed by atoms with Gasteiger partial charge in [-0.1, -0.05) is 11.6 Å². The second-order valence-electron chi connectivity index (χ2n) is 2.46. The van der Waals surface area contributed by atoms with Crippen LogP contribution in [0.2, 0.25) is 5.15 Å². The first-order valence-electron chi connectivity index (χ1n) is 3.84. The summed E-state index contributed by atoms with van der Waals surface area (Å²) in [5.74, 6) is 0.0484. The first-order valence-corrected chi connectivity index (χ1v) is 4.22. The van der Waals surface area contributed by atoms with Crippen molar-refractivity contribution in [3.8, 4) is 0 Å². The minimum Gasteiger partial charge on any atom is -0.370 e. The van der Waals surface area contributed by atoms with Gasteiger partial charge in [-0.3, -0.25) is 4.79 Å². The van der Waals surface area contributed by atoms with Crippen LogP contribution in [-0.2, 0) is 0 Å². The van der Waals surface area contributed by atoms with E-state index in [0.717, 1.165) is 0 Å². The highest BCUT2D eigenvalue weighted by atomic mass is 35.5. The molecule has 0 unspecified atom stereocenters. The molecule has 0 saturated carbocycles. The molecule has 70 valence electrons. The van der Waals surface area contributed by atoms with E-state index in [2.05, 4.69) is 10.3 Å². The number of anilines is 1. The Hall–Kier alpha value is -1.29. The molecule has 0 aliphatic carbocycles. The number of amides is 1. The third-order valence-electron chi connectivity index (χ3n) is 1.44. The first-order chi connectivity index (χ1) is 6.13. The first kappa shape index (κ1) is 9.80. The minimum atomic E-state index is -0.511. The molecule has 0 aromatic carbocycles. The van der Waals surface area contributed by atoms with Crippen LogP contribution >= 0.6 is 11.6 Å². The number of nitrogens with one attached hydrogen (secondary N) is 1. The molecule has 0 aliphatic heterocycles. The largest absolute Gasteiger partial charge is 0.370 e. The summed E-state index contributed by atoms with van der Waals surface area (Å²) in [7, 11) is 0. The fourth-order valence-electron chi connectivity index (χ4n) is 0.911. The third-order valence-corrected chi connectivity index (χ3v) is 1.63. The van der Waals surface area contributed by atoms with Crippen molar-refractivity contribution in [1.82, 2.24) is 4.98 Å². The highest BCUT2D eigenvalue weighted by Crippen LogP contribution is 2.13. The number of nitrogens with two attached hydrogens (primary N) is 1. The highest BCUT2D eigenvalue weighted by Gasteiger charge is 2.04. The molecule has 0 bridgehead atoms. The summed E-state index contributed by atoms with van der Waals surface area (Å²) in [4.78, 5) is 14.8. The summed E-state index contributed by atoms with van der Waals surface area (Å²) in [6.07, 6.45) is 0. The molecule has 1 heterocycles. The van der Waals surface area contributed by atoms with Gasteiger partial charge in [0.05, 0.1) is 0 Å². The molecule has 1 aromatic heterocycles. The van der Waals surface area contributed by atoms with Crippen molar-refractivity contribution < 1.29 is 4.79 Å². The zero-order valence-electron chi connectivity index (χ0n) is 7.17. The summed E-state index contributed by atoms with van der Waals surface area (Å²) in [5.41, 5.74) is 5.45. The lowest BCUT2D eigenvalue weighted by molar-refractivity contribution is 0.1000. The van der Waals surface area contributed by atoms with E-state index in [1.54, 1.807) is 6.07 Å². The van der Waals surface area contributed by atoms with Crippen LogP contribution in [0, 0.1) is 0 Å². The predicted molar refractivity (Wildman–Crippen MR) is 51.9 cm³/mol. The van der Waals surface area contributed by atoms with E-state index >= 15 is 0 Å². The van der Waals surface area contributed by atoms with Gasteiger partial charge in [0, 0.05) is 12.1 Å². The van der Waals surface area contributed by atoms with Crippen molar-refractivity contribution in [3.05, 3.63) is 22.8 Å². The lowest BCUT2D eigenvalue weighted by Gasteiger charge is -2.03. The van der Waals surface area contributed by atoms with Gasteiger partial charge in [0.2, 0.25) is 5.91 Å². The maximum Gasteiger partial charge on any atom is 0.248 e. The lowest BCUT2D eigenvalue weighted by Crippen LogP contribution is -2.12. The van der Waals surface area contributed by atoms with E-state index in [1.807, 2.05) is 6.92 Å². The molecule has 0 aliphatic rings. The summed E-state index contributed by atoms with van der Waals surface area (Å²) >= 11 is 5.67. The quantitative estimate of drug-likeness (QED) is 0.721. The van der Waals surface area contributed by atoms with Crippen molar-refractivity contribution in [1.29, 1.82) is 0 Å². The number of hydrogen-bond acceptors (Lipinski definition) is 3. The van der Waals surface area contributed by atoms with Crippen molar-refractivity contribution in [2.45, 2.75) is 6.92 Å². The molecule has 4 nitrogen and oxygen atoms in total. The molecule has 0 fully saturated rings. The number of carbonyl (C=O) groups is 1. The standard InChI is InChI=1S/C8H10ClN3O/c1-2-11-7-4-5(8(10)13)3-6(9)12-7/h3-4H,2H2,1H3,(H2,10,13)(H,11,12). The molecule has 1 rings (SSSR count). The van der Waals surface area contributed by atoms with E-state index in [-0.39, 0.29) is 5.15 Å². The normalized spacial score (nSPS) is 9.69. The molecule has 1 aromatic rings. The van der Waals surface area contributed by atoms with Gasteiger partial charge in [0.15, 0.2) is 0 Å². The smallest absolute Gasteiger partial charge is 0.248 e. The van der Waals surface area contributed by atoms with Crippen LogP contribution in [0.3, 0.4) is 0 Å². The topological polar surface area (TPSA) is 68.0 Å². The van der Waals surface area contributed by atoms with Crippen LogP contribution < -0.4 is 11.1 Å². The van der Waals surface area contributed by atoms with Crippen LogP contribution in [0.4, 0.5) is 5.82 Å². The molecule has 0 radical (unpaired) electrons. The number of rotatable bonds is 3. The van der Waals surface area contributed by atoms with Gasteiger partial charge in [-0.25, -0.2) is 4.98 Å². The van der Waals surface area contributed by atoms with E-state index < -0.39 is 5.91 Å². The molecular weight excluding hydrogens is 190 g/mol. The summed E-state index contributed by atoms with van der Waals surface area (Å²) in [6, 6.07) is 3.00.